The molecule has 8 aromatic carbocycles. The van der Waals surface area contributed by atoms with Gasteiger partial charge in [-0.3, -0.25) is 0 Å². The molecule has 0 N–H and O–H groups in total. The molecule has 1 aliphatic heterocycles. The largest absolute Gasteiger partial charge is 0.457 e. The maximum Gasteiger partial charge on any atom is 0.184 e. The highest BCUT2D eigenvalue weighted by Crippen LogP contribution is 2.49. The zero-order valence-electron chi connectivity index (χ0n) is 29.9. The summed E-state index contributed by atoms with van der Waals surface area (Å²) in [4.78, 5) is 0. The van der Waals surface area contributed by atoms with Crippen molar-refractivity contribution in [2.75, 3.05) is 0 Å². The minimum atomic E-state index is -3.06. The van der Waals surface area contributed by atoms with Crippen molar-refractivity contribution in [3.63, 3.8) is 0 Å². The first-order valence-corrected chi connectivity index (χ1v) is 20.5. The summed E-state index contributed by atoms with van der Waals surface area (Å²) in [6.45, 7) is 4.67. The summed E-state index contributed by atoms with van der Waals surface area (Å²) in [7, 11) is -3.06. The minimum absolute atomic E-state index is 0.240. The van der Waals surface area contributed by atoms with Crippen LogP contribution in [0.15, 0.2) is 194 Å². The Kier molecular flexibility index (Phi) is 7.25. The van der Waals surface area contributed by atoms with Crippen LogP contribution in [-0.4, -0.2) is 8.07 Å². The van der Waals surface area contributed by atoms with Crippen molar-refractivity contribution in [1.29, 1.82) is 0 Å². The molecule has 1 heterocycles. The van der Waals surface area contributed by atoms with Crippen molar-refractivity contribution >= 4 is 28.8 Å². The van der Waals surface area contributed by atoms with Crippen LogP contribution in [0.3, 0.4) is 0 Å². The molecular formula is C51H38OSi. The topological polar surface area (TPSA) is 9.23 Å². The number of rotatable bonds is 4. The average Bonchev–Trinajstić information content (AvgIpc) is 3.22. The van der Waals surface area contributed by atoms with Crippen molar-refractivity contribution < 1.29 is 4.74 Å². The first kappa shape index (κ1) is 31.5. The van der Waals surface area contributed by atoms with Crippen molar-refractivity contribution in [1.82, 2.24) is 0 Å². The lowest BCUT2D eigenvalue weighted by Gasteiger charge is -2.40. The van der Waals surface area contributed by atoms with Gasteiger partial charge in [0, 0.05) is 16.5 Å². The number of hydrogen-bond donors (Lipinski definition) is 0. The summed E-state index contributed by atoms with van der Waals surface area (Å²) in [6, 6.07) is 72.0. The standard InChI is InChI=1S/C51H38OSi/c1-51(2)46-28-15-16-30-48(46)52-50-47(51)29-17-31-49(50)53(35-18-5-3-6-19-35,36-20-7-4-8-21-36)37-32-33-44-42-26-12-11-24-40(42)38-22-9-10-23-39(38)41-25-13-14-27-43(41)45(44)34-37/h3-34H,1-2H3. The molecule has 0 bridgehead atoms. The van der Waals surface area contributed by atoms with Crippen molar-refractivity contribution in [3.05, 3.63) is 205 Å². The zero-order chi connectivity index (χ0) is 35.6. The number of para-hydroxylation sites is 2. The van der Waals surface area contributed by atoms with Crippen molar-refractivity contribution in [2.24, 2.45) is 0 Å². The van der Waals surface area contributed by atoms with Crippen LogP contribution in [0.25, 0.3) is 44.5 Å². The first-order chi connectivity index (χ1) is 26.1. The summed E-state index contributed by atoms with van der Waals surface area (Å²) in [5.41, 5.74) is 12.2. The van der Waals surface area contributed by atoms with Crippen LogP contribution in [0, 0.1) is 0 Å². The van der Waals surface area contributed by atoms with E-state index < -0.39 is 8.07 Å². The summed E-state index contributed by atoms with van der Waals surface area (Å²) in [6.07, 6.45) is 0. The molecule has 0 amide bonds. The second-order valence-corrected chi connectivity index (χ2v) is 18.6. The van der Waals surface area contributed by atoms with E-state index in [9.17, 15) is 0 Å². The van der Waals surface area contributed by atoms with Gasteiger partial charge in [-0.1, -0.05) is 202 Å². The summed E-state index contributed by atoms with van der Waals surface area (Å²) < 4.78 is 7.14. The lowest BCUT2D eigenvalue weighted by molar-refractivity contribution is 0.421. The highest BCUT2D eigenvalue weighted by atomic mass is 28.3. The van der Waals surface area contributed by atoms with Gasteiger partial charge in [0.2, 0.25) is 0 Å². The van der Waals surface area contributed by atoms with Gasteiger partial charge in [0.15, 0.2) is 8.07 Å². The molecule has 0 saturated heterocycles. The molecule has 252 valence electrons. The predicted molar refractivity (Wildman–Crippen MR) is 224 cm³/mol. The number of benzene rings is 8. The van der Waals surface area contributed by atoms with Crippen molar-refractivity contribution in [3.8, 4) is 56.0 Å². The fourth-order valence-electron chi connectivity index (χ4n) is 9.20. The highest BCUT2D eigenvalue weighted by molar-refractivity contribution is 7.20. The van der Waals surface area contributed by atoms with Crippen LogP contribution in [-0.2, 0) is 5.41 Å². The normalized spacial score (nSPS) is 13.4. The zero-order valence-corrected chi connectivity index (χ0v) is 30.9. The second-order valence-electron chi connectivity index (χ2n) is 14.8. The van der Waals surface area contributed by atoms with Crippen LogP contribution in [0.5, 0.6) is 11.5 Å². The Morgan fingerprint density at radius 1 is 0.358 bits per heavy atom. The van der Waals surface area contributed by atoms with Gasteiger partial charge >= 0.3 is 0 Å². The van der Waals surface area contributed by atoms with E-state index in [0.717, 1.165) is 11.5 Å². The molecule has 8 aromatic rings. The molecular weight excluding hydrogens is 657 g/mol. The molecule has 2 aliphatic rings. The van der Waals surface area contributed by atoms with E-state index in [2.05, 4.69) is 208 Å². The van der Waals surface area contributed by atoms with Crippen molar-refractivity contribution in [2.45, 2.75) is 19.3 Å². The van der Waals surface area contributed by atoms with Crippen LogP contribution < -0.4 is 25.5 Å². The number of hydrogen-bond acceptors (Lipinski definition) is 1. The molecule has 0 atom stereocenters. The predicted octanol–water partition coefficient (Wildman–Crippen LogP) is 10.5. The lowest BCUT2D eigenvalue weighted by atomic mass is 9.76. The van der Waals surface area contributed by atoms with E-state index in [1.807, 2.05) is 0 Å². The van der Waals surface area contributed by atoms with Gasteiger partial charge in [-0.15, -0.1) is 0 Å². The maximum absolute atomic E-state index is 7.14. The Balaban J connectivity index is 1.34. The molecule has 1 aliphatic carbocycles. The molecule has 0 radical (unpaired) electrons. The fraction of sp³-hybridized carbons (Fsp3) is 0.0588. The Bertz CT molecular complexity index is 2630. The minimum Gasteiger partial charge on any atom is -0.457 e. The Morgan fingerprint density at radius 3 is 1.34 bits per heavy atom. The van der Waals surface area contributed by atoms with Gasteiger partial charge in [0.25, 0.3) is 0 Å². The Labute approximate surface area is 312 Å². The van der Waals surface area contributed by atoms with E-state index >= 15 is 0 Å². The average molecular weight is 695 g/mol. The van der Waals surface area contributed by atoms with E-state index in [4.69, 9.17) is 4.74 Å². The smallest absolute Gasteiger partial charge is 0.184 e. The molecule has 0 aromatic heterocycles. The van der Waals surface area contributed by atoms with Crippen LogP contribution in [0.2, 0.25) is 0 Å². The van der Waals surface area contributed by atoms with Crippen LogP contribution >= 0.6 is 0 Å². The maximum atomic E-state index is 7.14. The van der Waals surface area contributed by atoms with E-state index in [0.29, 0.717) is 0 Å². The summed E-state index contributed by atoms with van der Waals surface area (Å²) >= 11 is 0. The molecule has 0 unspecified atom stereocenters. The SMILES string of the molecule is CC1(C)c2ccccc2Oc2c1cccc2[Si](c1ccccc1)(c1ccccc1)c1ccc2c(c1)-c1ccccc1-c1ccccc1-c1ccccc1-2. The quantitative estimate of drug-likeness (QED) is 0.132. The molecule has 10 rings (SSSR count). The summed E-state index contributed by atoms with van der Waals surface area (Å²) in [5.74, 6) is 1.92. The summed E-state index contributed by atoms with van der Waals surface area (Å²) in [5, 5.41) is 5.23. The van der Waals surface area contributed by atoms with Gasteiger partial charge in [0.1, 0.15) is 11.5 Å². The van der Waals surface area contributed by atoms with Gasteiger partial charge in [-0.2, -0.15) is 0 Å². The molecule has 2 heteroatoms. The van der Waals surface area contributed by atoms with Gasteiger partial charge in [-0.25, -0.2) is 0 Å². The van der Waals surface area contributed by atoms with Gasteiger partial charge in [0.05, 0.1) is 0 Å². The first-order valence-electron chi connectivity index (χ1n) is 18.5. The molecule has 0 spiro atoms. The van der Waals surface area contributed by atoms with E-state index in [-0.39, 0.29) is 5.41 Å². The third-order valence-corrected chi connectivity index (χ3v) is 16.5. The number of fused-ring (bicyclic) bond motifs is 10. The van der Waals surface area contributed by atoms with Crippen LogP contribution in [0.4, 0.5) is 0 Å². The fourth-order valence-corrected chi connectivity index (χ4v) is 14.1. The van der Waals surface area contributed by atoms with Gasteiger partial charge in [-0.05, 0) is 71.3 Å². The van der Waals surface area contributed by atoms with E-state index in [1.54, 1.807) is 0 Å². The van der Waals surface area contributed by atoms with Crippen LogP contribution in [0.1, 0.15) is 25.0 Å². The third-order valence-electron chi connectivity index (χ3n) is 11.7. The second kappa shape index (κ2) is 12.2. The Morgan fingerprint density at radius 2 is 0.792 bits per heavy atom. The lowest BCUT2D eigenvalue weighted by Crippen LogP contribution is -2.75. The molecule has 53 heavy (non-hydrogen) atoms. The van der Waals surface area contributed by atoms with Gasteiger partial charge < -0.3 is 4.74 Å². The number of ether oxygens (including phenoxy) is 1. The highest BCUT2D eigenvalue weighted by Gasteiger charge is 2.47. The Hall–Kier alpha value is -6.22. The molecule has 0 saturated carbocycles. The third kappa shape index (κ3) is 4.69. The monoisotopic (exact) mass is 694 g/mol. The molecule has 0 fully saturated rings. The molecule has 1 nitrogen and oxygen atoms in total. The van der Waals surface area contributed by atoms with E-state index in [1.165, 1.54) is 76.4 Å².